The molecule has 6 nitrogen and oxygen atoms in total. The zero-order valence-electron chi connectivity index (χ0n) is 17.6. The molecule has 1 spiro atoms. The van der Waals surface area contributed by atoms with E-state index in [-0.39, 0.29) is 23.9 Å². The van der Waals surface area contributed by atoms with Gasteiger partial charge in [-0.15, -0.1) is 12.4 Å². The molecule has 3 saturated heterocycles. The maximum Gasteiger partial charge on any atom is 0.227 e. The molecule has 2 bridgehead atoms. The Morgan fingerprint density at radius 3 is 2.68 bits per heavy atom. The summed E-state index contributed by atoms with van der Waals surface area (Å²) in [5.74, 6) is 1.27. The maximum atomic E-state index is 13.2. The molecule has 31 heavy (non-hydrogen) atoms. The lowest BCUT2D eigenvalue weighted by Crippen LogP contribution is -2.51. The number of likely N-dealkylation sites (tertiary alicyclic amines) is 1. The van der Waals surface area contributed by atoms with Crippen molar-refractivity contribution in [3.8, 4) is 11.4 Å². The quantitative estimate of drug-likeness (QED) is 0.777. The highest BCUT2D eigenvalue weighted by atomic mass is 35.5. The van der Waals surface area contributed by atoms with Gasteiger partial charge >= 0.3 is 0 Å². The van der Waals surface area contributed by atoms with Crippen LogP contribution in [0.3, 0.4) is 0 Å². The molecule has 4 aliphatic rings. The fourth-order valence-electron chi connectivity index (χ4n) is 5.94. The summed E-state index contributed by atoms with van der Waals surface area (Å²) in [4.78, 5) is 24.9. The monoisotopic (exact) mass is 440 g/mol. The molecule has 164 valence electrons. The third kappa shape index (κ3) is 3.55. The van der Waals surface area contributed by atoms with Gasteiger partial charge in [0, 0.05) is 36.9 Å². The molecular weight excluding hydrogens is 412 g/mol. The lowest BCUT2D eigenvalue weighted by Gasteiger charge is -2.44. The number of rotatable bonds is 2. The van der Waals surface area contributed by atoms with Gasteiger partial charge in [0.1, 0.15) is 5.60 Å². The molecule has 0 saturated carbocycles. The Balaban J connectivity index is 0.00000204. The van der Waals surface area contributed by atoms with Crippen molar-refractivity contribution in [2.75, 3.05) is 19.7 Å². The fourth-order valence-corrected chi connectivity index (χ4v) is 5.94. The van der Waals surface area contributed by atoms with Crippen molar-refractivity contribution < 1.29 is 9.53 Å². The van der Waals surface area contributed by atoms with Crippen molar-refractivity contribution in [2.24, 2.45) is 5.92 Å². The summed E-state index contributed by atoms with van der Waals surface area (Å²) in [6.07, 6.45) is 7.84. The number of aromatic nitrogens is 2. The number of ether oxygens (including phenoxy) is 1. The van der Waals surface area contributed by atoms with E-state index in [4.69, 9.17) is 9.72 Å². The summed E-state index contributed by atoms with van der Waals surface area (Å²) in [5.41, 5.74) is 2.87. The third-order valence-electron chi connectivity index (χ3n) is 7.58. The number of benzene rings is 1. The highest BCUT2D eigenvalue weighted by Crippen LogP contribution is 2.42. The first kappa shape index (κ1) is 20.9. The van der Waals surface area contributed by atoms with Crippen LogP contribution in [0.2, 0.25) is 0 Å². The minimum atomic E-state index is -0.385. The van der Waals surface area contributed by atoms with Gasteiger partial charge in [-0.05, 0) is 44.1 Å². The molecule has 1 amide bonds. The van der Waals surface area contributed by atoms with Crippen molar-refractivity contribution in [1.82, 2.24) is 20.2 Å². The minimum absolute atomic E-state index is 0. The van der Waals surface area contributed by atoms with E-state index in [0.717, 1.165) is 62.3 Å². The molecule has 0 aliphatic carbocycles. The van der Waals surface area contributed by atoms with Crippen molar-refractivity contribution in [1.29, 1.82) is 0 Å². The van der Waals surface area contributed by atoms with Crippen molar-refractivity contribution in [3.05, 3.63) is 47.8 Å². The normalized spacial score (nSPS) is 28.3. The number of piperidine rings is 1. The molecule has 3 atom stereocenters. The van der Waals surface area contributed by atoms with E-state index in [1.807, 2.05) is 36.5 Å². The highest BCUT2D eigenvalue weighted by molar-refractivity contribution is 5.85. The molecule has 6 rings (SSSR count). The van der Waals surface area contributed by atoms with Gasteiger partial charge in [0.2, 0.25) is 5.91 Å². The zero-order chi connectivity index (χ0) is 20.1. The van der Waals surface area contributed by atoms with Crippen LogP contribution in [0.1, 0.15) is 43.4 Å². The molecule has 3 fully saturated rings. The summed E-state index contributed by atoms with van der Waals surface area (Å²) in [6, 6.07) is 11.1. The molecule has 0 unspecified atom stereocenters. The van der Waals surface area contributed by atoms with Gasteiger partial charge in [-0.25, -0.2) is 9.97 Å². The third-order valence-corrected chi connectivity index (χ3v) is 7.58. The average molecular weight is 441 g/mol. The van der Waals surface area contributed by atoms with Crippen LogP contribution in [0.4, 0.5) is 0 Å². The minimum Gasteiger partial charge on any atom is -0.368 e. The van der Waals surface area contributed by atoms with E-state index in [0.29, 0.717) is 24.6 Å². The first-order valence-electron chi connectivity index (χ1n) is 11.3. The second kappa shape index (κ2) is 8.15. The Morgan fingerprint density at radius 1 is 1.16 bits per heavy atom. The van der Waals surface area contributed by atoms with Gasteiger partial charge in [0.25, 0.3) is 0 Å². The first-order valence-corrected chi connectivity index (χ1v) is 11.3. The van der Waals surface area contributed by atoms with Crippen LogP contribution in [0.25, 0.3) is 11.4 Å². The largest absolute Gasteiger partial charge is 0.368 e. The number of halogens is 1. The molecule has 4 aliphatic heterocycles. The second-order valence-electron chi connectivity index (χ2n) is 9.24. The number of nitrogens with one attached hydrogen (secondary N) is 1. The SMILES string of the molecule is Cl.O=C([C@H]1C[C@H]2CC[C@@H]1N2)N1CCC2(CC1)OCCc1cnc(-c3ccccc3)nc12. The Morgan fingerprint density at radius 2 is 1.97 bits per heavy atom. The smallest absolute Gasteiger partial charge is 0.227 e. The maximum absolute atomic E-state index is 13.2. The van der Waals surface area contributed by atoms with Gasteiger partial charge in [0.05, 0.1) is 18.2 Å². The Hall–Kier alpha value is -2.02. The zero-order valence-corrected chi connectivity index (χ0v) is 18.4. The number of amides is 1. The van der Waals surface area contributed by atoms with Crippen LogP contribution in [0, 0.1) is 5.92 Å². The van der Waals surface area contributed by atoms with Crippen molar-refractivity contribution in [2.45, 2.75) is 56.2 Å². The summed E-state index contributed by atoms with van der Waals surface area (Å²) in [7, 11) is 0. The van der Waals surface area contributed by atoms with Crippen molar-refractivity contribution >= 4 is 18.3 Å². The van der Waals surface area contributed by atoms with E-state index >= 15 is 0 Å². The van der Waals surface area contributed by atoms with Gasteiger partial charge in [-0.1, -0.05) is 30.3 Å². The molecule has 7 heteroatoms. The number of hydrogen-bond acceptors (Lipinski definition) is 5. The van der Waals surface area contributed by atoms with Gasteiger partial charge in [0.15, 0.2) is 5.82 Å². The highest BCUT2D eigenvalue weighted by Gasteiger charge is 2.47. The molecule has 2 aromatic rings. The van der Waals surface area contributed by atoms with E-state index in [2.05, 4.69) is 15.2 Å². The molecule has 5 heterocycles. The van der Waals surface area contributed by atoms with Crippen LogP contribution in [-0.2, 0) is 21.6 Å². The van der Waals surface area contributed by atoms with Gasteiger partial charge in [-0.2, -0.15) is 0 Å². The predicted octanol–water partition coefficient (Wildman–Crippen LogP) is 3.10. The molecule has 1 aromatic heterocycles. The van der Waals surface area contributed by atoms with E-state index in [9.17, 15) is 4.79 Å². The van der Waals surface area contributed by atoms with Crippen LogP contribution < -0.4 is 5.32 Å². The second-order valence-corrected chi connectivity index (χ2v) is 9.24. The van der Waals surface area contributed by atoms with Crippen LogP contribution in [0.5, 0.6) is 0 Å². The summed E-state index contributed by atoms with van der Waals surface area (Å²) in [5, 5.41) is 3.60. The molecule has 1 N–H and O–H groups in total. The Bertz CT molecular complexity index is 961. The number of carbonyl (C=O) groups is 1. The number of carbonyl (C=O) groups excluding carboxylic acids is 1. The molecular formula is C24H29ClN4O2. The Kier molecular flexibility index (Phi) is 5.49. The number of hydrogen-bond donors (Lipinski definition) is 1. The summed E-state index contributed by atoms with van der Waals surface area (Å²) in [6.45, 7) is 2.19. The first-order chi connectivity index (χ1) is 14.7. The lowest BCUT2D eigenvalue weighted by atomic mass is 9.82. The Labute approximate surface area is 189 Å². The molecule has 1 aromatic carbocycles. The number of fused-ring (bicyclic) bond motifs is 4. The van der Waals surface area contributed by atoms with E-state index in [1.165, 1.54) is 12.0 Å². The standard InChI is InChI=1S/C24H28N4O2.ClH/c29-23(19-14-18-6-7-20(19)26-18)28-11-9-24(10-12-28)21-17(8-13-30-24)15-25-22(27-21)16-4-2-1-3-5-16;/h1-5,15,18-20,26H,6-14H2;1H/t18-,19+,20+;/m1./s1. The lowest BCUT2D eigenvalue weighted by molar-refractivity contribution is -0.145. The number of nitrogens with zero attached hydrogens (tertiary/aromatic N) is 3. The topological polar surface area (TPSA) is 67.4 Å². The summed E-state index contributed by atoms with van der Waals surface area (Å²) >= 11 is 0. The van der Waals surface area contributed by atoms with Crippen LogP contribution in [-0.4, -0.2) is 52.6 Å². The fraction of sp³-hybridized carbons (Fsp3) is 0.542. The molecule has 0 radical (unpaired) electrons. The van der Waals surface area contributed by atoms with Crippen LogP contribution in [0.15, 0.2) is 36.5 Å². The van der Waals surface area contributed by atoms with Crippen molar-refractivity contribution in [3.63, 3.8) is 0 Å². The predicted molar refractivity (Wildman–Crippen MR) is 120 cm³/mol. The van der Waals surface area contributed by atoms with Gasteiger partial charge in [-0.3, -0.25) is 4.79 Å². The van der Waals surface area contributed by atoms with Gasteiger partial charge < -0.3 is 15.0 Å². The van der Waals surface area contributed by atoms with E-state index in [1.54, 1.807) is 0 Å². The summed E-state index contributed by atoms with van der Waals surface area (Å²) < 4.78 is 6.39. The van der Waals surface area contributed by atoms with Crippen LogP contribution >= 0.6 is 12.4 Å². The average Bonchev–Trinajstić information content (AvgIpc) is 3.44. The van der Waals surface area contributed by atoms with E-state index < -0.39 is 0 Å².